The lowest BCUT2D eigenvalue weighted by atomic mass is 9.68. The number of carbonyl (C=O) groups excluding carboxylic acids is 2. The van der Waals surface area contributed by atoms with Crippen LogP contribution in [0.15, 0.2) is 42.5 Å². The zero-order valence-electron chi connectivity index (χ0n) is 12.4. The van der Waals surface area contributed by atoms with Crippen LogP contribution >= 0.6 is 0 Å². The summed E-state index contributed by atoms with van der Waals surface area (Å²) in [5.41, 5.74) is 2.38. The molecule has 2 aromatic carbocycles. The van der Waals surface area contributed by atoms with Crippen LogP contribution in [0.25, 0.3) is 0 Å². The van der Waals surface area contributed by atoms with Gasteiger partial charge in [-0.15, -0.1) is 0 Å². The van der Waals surface area contributed by atoms with Crippen LogP contribution in [0.2, 0.25) is 0 Å². The van der Waals surface area contributed by atoms with E-state index in [9.17, 15) is 9.59 Å². The highest BCUT2D eigenvalue weighted by atomic mass is 16.5. The zero-order valence-corrected chi connectivity index (χ0v) is 12.4. The van der Waals surface area contributed by atoms with E-state index in [-0.39, 0.29) is 11.6 Å². The van der Waals surface area contributed by atoms with E-state index in [0.717, 1.165) is 16.9 Å². The minimum atomic E-state index is -0.900. The lowest BCUT2D eigenvalue weighted by Crippen LogP contribution is -2.41. The Morgan fingerprint density at radius 3 is 2.45 bits per heavy atom. The van der Waals surface area contributed by atoms with E-state index in [2.05, 4.69) is 0 Å². The van der Waals surface area contributed by atoms with Crippen molar-refractivity contribution in [3.8, 4) is 5.75 Å². The van der Waals surface area contributed by atoms with Crippen LogP contribution in [0, 0.1) is 5.41 Å². The van der Waals surface area contributed by atoms with E-state index < -0.39 is 5.41 Å². The van der Waals surface area contributed by atoms with Gasteiger partial charge in [-0.05, 0) is 30.9 Å². The molecule has 3 nitrogen and oxygen atoms in total. The van der Waals surface area contributed by atoms with E-state index in [4.69, 9.17) is 4.74 Å². The predicted molar refractivity (Wildman–Crippen MR) is 82.6 cm³/mol. The van der Waals surface area contributed by atoms with Gasteiger partial charge in [-0.2, -0.15) is 0 Å². The number of fused-ring (bicyclic) bond motifs is 2. The molecule has 2 aliphatic rings. The van der Waals surface area contributed by atoms with Crippen molar-refractivity contribution in [1.82, 2.24) is 0 Å². The minimum absolute atomic E-state index is 0.0124. The molecule has 0 saturated heterocycles. The summed E-state index contributed by atoms with van der Waals surface area (Å²) in [5.74, 6) is 0.680. The molecule has 4 rings (SSSR count). The lowest BCUT2D eigenvalue weighted by molar-refractivity contribution is 0.0654. The molecular weight excluding hydrogens is 276 g/mol. The van der Waals surface area contributed by atoms with Crippen LogP contribution in [0.3, 0.4) is 0 Å². The van der Waals surface area contributed by atoms with E-state index >= 15 is 0 Å². The maximum Gasteiger partial charge on any atom is 0.177 e. The highest BCUT2D eigenvalue weighted by Crippen LogP contribution is 2.47. The van der Waals surface area contributed by atoms with Gasteiger partial charge in [0.1, 0.15) is 11.2 Å². The second-order valence-electron chi connectivity index (χ2n) is 6.06. The molecule has 2 aromatic rings. The molecule has 0 fully saturated rings. The normalized spacial score (nSPS) is 22.6. The third-order valence-electron chi connectivity index (χ3n) is 5.02. The van der Waals surface area contributed by atoms with E-state index in [1.165, 1.54) is 0 Å². The Kier molecular flexibility index (Phi) is 2.73. The lowest BCUT2D eigenvalue weighted by Gasteiger charge is -2.32. The highest BCUT2D eigenvalue weighted by molar-refractivity contribution is 6.23. The monoisotopic (exact) mass is 292 g/mol. The Morgan fingerprint density at radius 1 is 0.955 bits per heavy atom. The van der Waals surface area contributed by atoms with Crippen LogP contribution < -0.4 is 4.74 Å². The average molecular weight is 292 g/mol. The summed E-state index contributed by atoms with van der Waals surface area (Å²) < 4.78 is 5.36. The Balaban J connectivity index is 1.84. The van der Waals surface area contributed by atoms with Crippen molar-refractivity contribution in [2.45, 2.75) is 19.3 Å². The van der Waals surface area contributed by atoms with Crippen LogP contribution in [0.4, 0.5) is 0 Å². The number of rotatable bonds is 1. The van der Waals surface area contributed by atoms with Gasteiger partial charge >= 0.3 is 0 Å². The molecule has 0 unspecified atom stereocenters. The number of benzene rings is 2. The smallest absolute Gasteiger partial charge is 0.177 e. The molecule has 0 bridgehead atoms. The third-order valence-corrected chi connectivity index (χ3v) is 5.02. The van der Waals surface area contributed by atoms with Gasteiger partial charge in [0, 0.05) is 16.7 Å². The van der Waals surface area contributed by atoms with Crippen LogP contribution in [0.5, 0.6) is 5.75 Å². The zero-order chi connectivity index (χ0) is 15.3. The SMILES string of the molecule is COc1cccc2c1CC[C@@]1(Cc3ccccc3C1=O)C2=O. The van der Waals surface area contributed by atoms with Gasteiger partial charge in [-0.25, -0.2) is 0 Å². The quantitative estimate of drug-likeness (QED) is 0.758. The molecule has 2 aliphatic carbocycles. The Hall–Kier alpha value is -2.42. The van der Waals surface area contributed by atoms with E-state index in [0.29, 0.717) is 30.4 Å². The number of hydrogen-bond acceptors (Lipinski definition) is 3. The Bertz CT molecular complexity index is 806. The van der Waals surface area contributed by atoms with Crippen molar-refractivity contribution in [3.05, 3.63) is 64.7 Å². The molecule has 0 aliphatic heterocycles. The first-order chi connectivity index (χ1) is 10.7. The Labute approximate surface area is 128 Å². The van der Waals surface area contributed by atoms with Gasteiger partial charge in [0.2, 0.25) is 0 Å². The number of ketones is 2. The summed E-state index contributed by atoms with van der Waals surface area (Å²) in [6, 6.07) is 13.1. The van der Waals surface area contributed by atoms with Gasteiger partial charge in [-0.1, -0.05) is 36.4 Å². The van der Waals surface area contributed by atoms with Gasteiger partial charge in [0.25, 0.3) is 0 Å². The van der Waals surface area contributed by atoms with Gasteiger partial charge in [0.05, 0.1) is 7.11 Å². The second-order valence-corrected chi connectivity index (χ2v) is 6.06. The maximum absolute atomic E-state index is 13.1. The molecular formula is C19H16O3. The first-order valence-electron chi connectivity index (χ1n) is 7.51. The summed E-state index contributed by atoms with van der Waals surface area (Å²) in [5, 5.41) is 0. The molecule has 110 valence electrons. The molecule has 1 atom stereocenters. The van der Waals surface area contributed by atoms with E-state index in [1.54, 1.807) is 7.11 Å². The molecule has 22 heavy (non-hydrogen) atoms. The van der Waals surface area contributed by atoms with Crippen molar-refractivity contribution in [1.29, 1.82) is 0 Å². The van der Waals surface area contributed by atoms with Crippen LogP contribution in [-0.2, 0) is 12.8 Å². The van der Waals surface area contributed by atoms with Gasteiger partial charge < -0.3 is 4.74 Å². The molecule has 0 amide bonds. The fraction of sp³-hybridized carbons (Fsp3) is 0.263. The van der Waals surface area contributed by atoms with Crippen molar-refractivity contribution < 1.29 is 14.3 Å². The number of Topliss-reactive ketones (excluding diaryl/α,β-unsaturated/α-hetero) is 2. The maximum atomic E-state index is 13.1. The van der Waals surface area contributed by atoms with Gasteiger partial charge in [-0.3, -0.25) is 9.59 Å². The van der Waals surface area contributed by atoms with Crippen LogP contribution in [0.1, 0.15) is 38.3 Å². The number of methoxy groups -OCH3 is 1. The van der Waals surface area contributed by atoms with Crippen molar-refractivity contribution in [2.24, 2.45) is 5.41 Å². The number of carbonyl (C=O) groups is 2. The van der Waals surface area contributed by atoms with Crippen LogP contribution in [-0.4, -0.2) is 18.7 Å². The third kappa shape index (κ3) is 1.56. The largest absolute Gasteiger partial charge is 0.496 e. The first kappa shape index (κ1) is 13.3. The molecule has 0 saturated carbocycles. The molecule has 1 spiro atoms. The first-order valence-corrected chi connectivity index (χ1v) is 7.51. The fourth-order valence-electron chi connectivity index (χ4n) is 3.88. The number of ether oxygens (including phenoxy) is 1. The van der Waals surface area contributed by atoms with Crippen molar-refractivity contribution in [2.75, 3.05) is 7.11 Å². The topological polar surface area (TPSA) is 43.4 Å². The molecule has 0 N–H and O–H groups in total. The van der Waals surface area contributed by atoms with E-state index in [1.807, 2.05) is 42.5 Å². The number of hydrogen-bond donors (Lipinski definition) is 0. The fourth-order valence-corrected chi connectivity index (χ4v) is 3.88. The Morgan fingerprint density at radius 2 is 1.68 bits per heavy atom. The standard InChI is InChI=1S/C19H16O3/c1-22-16-8-4-7-15-14(16)9-10-19(18(15)21)11-12-5-2-3-6-13(12)17(19)20/h2-8H,9-11H2,1H3/t19-/m0/s1. The molecule has 0 radical (unpaired) electrons. The molecule has 0 aromatic heterocycles. The summed E-state index contributed by atoms with van der Waals surface area (Å²) in [7, 11) is 1.61. The van der Waals surface area contributed by atoms with Gasteiger partial charge in [0.15, 0.2) is 11.6 Å². The van der Waals surface area contributed by atoms with Crippen molar-refractivity contribution in [3.63, 3.8) is 0 Å². The van der Waals surface area contributed by atoms with Crippen molar-refractivity contribution >= 4 is 11.6 Å². The molecule has 3 heteroatoms. The second kappa shape index (κ2) is 4.54. The minimum Gasteiger partial charge on any atom is -0.496 e. The average Bonchev–Trinajstić information content (AvgIpc) is 2.84. The highest BCUT2D eigenvalue weighted by Gasteiger charge is 2.53. The molecule has 0 heterocycles. The summed E-state index contributed by atoms with van der Waals surface area (Å²) in [4.78, 5) is 26.0. The summed E-state index contributed by atoms with van der Waals surface area (Å²) in [6.07, 6.45) is 1.79. The summed E-state index contributed by atoms with van der Waals surface area (Å²) in [6.45, 7) is 0. The predicted octanol–water partition coefficient (Wildman–Crippen LogP) is 3.25. The summed E-state index contributed by atoms with van der Waals surface area (Å²) >= 11 is 0.